The van der Waals surface area contributed by atoms with Gasteiger partial charge in [0.1, 0.15) is 0 Å². The standard InChI is InChI=1S/C14H23N3O2S/c1-3-15-13-10-7-11-16-14(13)20(18,19)17(2)12-8-5-4-6-9-12/h7,10-12,15H,3-6,8-9H2,1-2H3. The zero-order chi connectivity index (χ0) is 14.6. The van der Waals surface area contributed by atoms with Crippen molar-refractivity contribution >= 4 is 15.7 Å². The van der Waals surface area contributed by atoms with Gasteiger partial charge in [-0.25, -0.2) is 13.4 Å². The van der Waals surface area contributed by atoms with Gasteiger partial charge in [-0.05, 0) is 31.9 Å². The molecule has 0 aromatic carbocycles. The minimum Gasteiger partial charge on any atom is -0.383 e. The van der Waals surface area contributed by atoms with Gasteiger partial charge in [0.05, 0.1) is 5.69 Å². The smallest absolute Gasteiger partial charge is 0.262 e. The lowest BCUT2D eigenvalue weighted by Gasteiger charge is -2.30. The van der Waals surface area contributed by atoms with E-state index in [2.05, 4.69) is 10.3 Å². The molecule has 5 nitrogen and oxygen atoms in total. The molecule has 2 rings (SSSR count). The summed E-state index contributed by atoms with van der Waals surface area (Å²) in [5, 5.41) is 3.21. The van der Waals surface area contributed by atoms with E-state index in [1.807, 2.05) is 6.92 Å². The molecule has 0 aliphatic heterocycles. The predicted molar refractivity (Wildman–Crippen MR) is 80.2 cm³/mol. The summed E-state index contributed by atoms with van der Waals surface area (Å²) in [4.78, 5) is 4.09. The van der Waals surface area contributed by atoms with Crippen LogP contribution in [0.25, 0.3) is 0 Å². The van der Waals surface area contributed by atoms with Crippen LogP contribution in [-0.4, -0.2) is 37.3 Å². The van der Waals surface area contributed by atoms with E-state index in [0.717, 1.165) is 25.7 Å². The summed E-state index contributed by atoms with van der Waals surface area (Å²) in [6, 6.07) is 3.61. The van der Waals surface area contributed by atoms with Crippen LogP contribution in [0.5, 0.6) is 0 Å². The normalized spacial score (nSPS) is 17.4. The summed E-state index contributed by atoms with van der Waals surface area (Å²) in [6.45, 7) is 2.61. The number of hydrogen-bond acceptors (Lipinski definition) is 4. The molecular formula is C14H23N3O2S. The highest BCUT2D eigenvalue weighted by Gasteiger charge is 2.31. The van der Waals surface area contributed by atoms with Crippen molar-refractivity contribution in [3.63, 3.8) is 0 Å². The average Bonchev–Trinajstić information content (AvgIpc) is 2.48. The van der Waals surface area contributed by atoms with Crippen LogP contribution in [-0.2, 0) is 10.0 Å². The molecule has 1 aliphatic rings. The maximum absolute atomic E-state index is 12.8. The molecule has 6 heteroatoms. The first-order valence-electron chi connectivity index (χ1n) is 7.24. The van der Waals surface area contributed by atoms with Crippen LogP contribution in [0.2, 0.25) is 0 Å². The van der Waals surface area contributed by atoms with Crippen molar-refractivity contribution in [2.45, 2.75) is 50.1 Å². The number of aromatic nitrogens is 1. The maximum Gasteiger partial charge on any atom is 0.262 e. The lowest BCUT2D eigenvalue weighted by atomic mass is 9.96. The van der Waals surface area contributed by atoms with Crippen molar-refractivity contribution in [3.8, 4) is 0 Å². The Morgan fingerprint density at radius 2 is 2.05 bits per heavy atom. The van der Waals surface area contributed by atoms with E-state index in [4.69, 9.17) is 0 Å². The van der Waals surface area contributed by atoms with E-state index < -0.39 is 10.0 Å². The number of pyridine rings is 1. The highest BCUT2D eigenvalue weighted by Crippen LogP contribution is 2.28. The van der Waals surface area contributed by atoms with Crippen LogP contribution in [0.15, 0.2) is 23.4 Å². The number of nitrogens with one attached hydrogen (secondary N) is 1. The van der Waals surface area contributed by atoms with Gasteiger partial charge in [0.2, 0.25) is 0 Å². The van der Waals surface area contributed by atoms with Crippen molar-refractivity contribution in [3.05, 3.63) is 18.3 Å². The molecule has 1 N–H and O–H groups in total. The van der Waals surface area contributed by atoms with Crippen LogP contribution in [0.1, 0.15) is 39.0 Å². The quantitative estimate of drug-likeness (QED) is 0.907. The molecule has 0 amide bonds. The van der Waals surface area contributed by atoms with Crippen LogP contribution in [0, 0.1) is 0 Å². The van der Waals surface area contributed by atoms with Gasteiger partial charge < -0.3 is 5.32 Å². The molecule has 112 valence electrons. The van der Waals surface area contributed by atoms with Crippen molar-refractivity contribution < 1.29 is 8.42 Å². The lowest BCUT2D eigenvalue weighted by molar-refractivity contribution is 0.285. The topological polar surface area (TPSA) is 62.3 Å². The highest BCUT2D eigenvalue weighted by atomic mass is 32.2. The first kappa shape index (κ1) is 15.3. The van der Waals surface area contributed by atoms with Crippen molar-refractivity contribution in [2.75, 3.05) is 18.9 Å². The molecule has 1 heterocycles. The Balaban J connectivity index is 2.29. The fourth-order valence-electron chi connectivity index (χ4n) is 2.70. The zero-order valence-electron chi connectivity index (χ0n) is 12.2. The van der Waals surface area contributed by atoms with Crippen molar-refractivity contribution in [2.24, 2.45) is 0 Å². The van der Waals surface area contributed by atoms with E-state index in [1.54, 1.807) is 19.2 Å². The fraction of sp³-hybridized carbons (Fsp3) is 0.643. The Hall–Kier alpha value is -1.14. The van der Waals surface area contributed by atoms with Crippen LogP contribution in [0.3, 0.4) is 0 Å². The zero-order valence-corrected chi connectivity index (χ0v) is 13.0. The molecule has 1 aromatic heterocycles. The first-order valence-corrected chi connectivity index (χ1v) is 8.68. The van der Waals surface area contributed by atoms with E-state index >= 15 is 0 Å². The highest BCUT2D eigenvalue weighted by molar-refractivity contribution is 7.89. The Kier molecular flexibility index (Phi) is 4.99. The van der Waals surface area contributed by atoms with Gasteiger partial charge in [-0.3, -0.25) is 0 Å². The minimum absolute atomic E-state index is 0.102. The molecule has 0 spiro atoms. The summed E-state index contributed by atoms with van der Waals surface area (Å²) in [5.74, 6) is 0. The number of sulfonamides is 1. The molecule has 1 fully saturated rings. The number of hydrogen-bond donors (Lipinski definition) is 1. The summed E-state index contributed by atoms with van der Waals surface area (Å²) >= 11 is 0. The molecule has 1 aromatic rings. The monoisotopic (exact) mass is 297 g/mol. The summed E-state index contributed by atoms with van der Waals surface area (Å²) < 4.78 is 27.0. The van der Waals surface area contributed by atoms with Gasteiger partial charge in [-0.2, -0.15) is 4.31 Å². The SMILES string of the molecule is CCNc1cccnc1S(=O)(=O)N(C)C1CCCCC1. The molecule has 1 saturated carbocycles. The summed E-state index contributed by atoms with van der Waals surface area (Å²) in [5.41, 5.74) is 0.581. The number of nitrogens with zero attached hydrogens (tertiary/aromatic N) is 2. The Bertz CT molecular complexity index is 539. The van der Waals surface area contributed by atoms with Gasteiger partial charge in [0.15, 0.2) is 5.03 Å². The van der Waals surface area contributed by atoms with Crippen molar-refractivity contribution in [1.82, 2.24) is 9.29 Å². The largest absolute Gasteiger partial charge is 0.383 e. The Morgan fingerprint density at radius 1 is 1.35 bits per heavy atom. The van der Waals surface area contributed by atoms with E-state index in [1.165, 1.54) is 16.9 Å². The third kappa shape index (κ3) is 3.12. The molecule has 0 atom stereocenters. The number of rotatable bonds is 5. The second kappa shape index (κ2) is 6.54. The van der Waals surface area contributed by atoms with Crippen molar-refractivity contribution in [1.29, 1.82) is 0 Å². The summed E-state index contributed by atoms with van der Waals surface area (Å²) in [7, 11) is -1.86. The predicted octanol–water partition coefficient (Wildman–Crippen LogP) is 2.47. The Morgan fingerprint density at radius 3 is 2.70 bits per heavy atom. The molecule has 0 saturated heterocycles. The van der Waals surface area contributed by atoms with E-state index in [-0.39, 0.29) is 11.1 Å². The fourth-order valence-corrected chi connectivity index (χ4v) is 4.19. The molecular weight excluding hydrogens is 274 g/mol. The average molecular weight is 297 g/mol. The Labute approximate surface area is 121 Å². The third-order valence-electron chi connectivity index (χ3n) is 3.85. The maximum atomic E-state index is 12.8. The van der Waals surface area contributed by atoms with Gasteiger partial charge in [-0.15, -0.1) is 0 Å². The van der Waals surface area contributed by atoms with Crippen LogP contribution >= 0.6 is 0 Å². The second-order valence-electron chi connectivity index (χ2n) is 5.20. The van der Waals surface area contributed by atoms with E-state index in [9.17, 15) is 8.42 Å². The van der Waals surface area contributed by atoms with Gasteiger partial charge in [0.25, 0.3) is 10.0 Å². The summed E-state index contributed by atoms with van der Waals surface area (Å²) in [6.07, 6.45) is 6.83. The second-order valence-corrected chi connectivity index (χ2v) is 7.11. The molecule has 20 heavy (non-hydrogen) atoms. The molecule has 0 bridgehead atoms. The molecule has 0 radical (unpaired) electrons. The minimum atomic E-state index is -3.53. The van der Waals surface area contributed by atoms with E-state index in [0.29, 0.717) is 12.2 Å². The van der Waals surface area contributed by atoms with Gasteiger partial charge >= 0.3 is 0 Å². The first-order chi connectivity index (χ1) is 9.57. The molecule has 1 aliphatic carbocycles. The van der Waals surface area contributed by atoms with Gasteiger partial charge in [0, 0.05) is 25.8 Å². The van der Waals surface area contributed by atoms with Crippen LogP contribution < -0.4 is 5.32 Å². The van der Waals surface area contributed by atoms with Gasteiger partial charge in [-0.1, -0.05) is 19.3 Å². The third-order valence-corrected chi connectivity index (χ3v) is 5.72. The van der Waals surface area contributed by atoms with Crippen LogP contribution in [0.4, 0.5) is 5.69 Å². The number of anilines is 1. The molecule has 0 unspecified atom stereocenters. The lowest BCUT2D eigenvalue weighted by Crippen LogP contribution is -2.38.